The van der Waals surface area contributed by atoms with Gasteiger partial charge in [-0.15, -0.1) is 11.3 Å². The standard InChI is InChI=1S/C50H31NOS/c1-2-13-32(14-3-1)44-30-34(25-27-38(44)42-21-12-22-43-41-20-9-11-24-49(41)53-50(42)43)51(35-26-28-48-45(31-35)40-19-8-10-23-47(40)52-48)46-29-33-15-4-5-16-36(33)37-17-6-7-18-39(37)46/h1-31H. The molecule has 0 N–H and O–H groups in total. The highest BCUT2D eigenvalue weighted by Crippen LogP contribution is 2.48. The Labute approximate surface area is 310 Å². The third-order valence-corrected chi connectivity index (χ3v) is 11.9. The van der Waals surface area contributed by atoms with Crippen LogP contribution in [0.5, 0.6) is 0 Å². The number of rotatable bonds is 5. The van der Waals surface area contributed by atoms with Crippen molar-refractivity contribution in [2.75, 3.05) is 4.90 Å². The monoisotopic (exact) mass is 693 g/mol. The molecular weight excluding hydrogens is 663 g/mol. The van der Waals surface area contributed by atoms with Crippen molar-refractivity contribution in [2.24, 2.45) is 0 Å². The van der Waals surface area contributed by atoms with Crippen LogP contribution in [0.15, 0.2) is 192 Å². The molecule has 11 aromatic rings. The van der Waals surface area contributed by atoms with Gasteiger partial charge in [0.05, 0.1) is 5.69 Å². The van der Waals surface area contributed by atoms with E-state index in [1.165, 1.54) is 64.0 Å². The van der Waals surface area contributed by atoms with Crippen LogP contribution >= 0.6 is 11.3 Å². The van der Waals surface area contributed by atoms with E-state index in [4.69, 9.17) is 4.42 Å². The highest BCUT2D eigenvalue weighted by molar-refractivity contribution is 7.26. The van der Waals surface area contributed by atoms with Crippen LogP contribution in [0.25, 0.3) is 85.9 Å². The molecule has 0 bridgehead atoms. The summed E-state index contributed by atoms with van der Waals surface area (Å²) in [5.41, 5.74) is 9.92. The topological polar surface area (TPSA) is 16.4 Å². The van der Waals surface area contributed by atoms with Gasteiger partial charge in [0.25, 0.3) is 0 Å². The van der Waals surface area contributed by atoms with Gasteiger partial charge >= 0.3 is 0 Å². The Hall–Kier alpha value is -6.68. The molecule has 0 spiro atoms. The van der Waals surface area contributed by atoms with E-state index < -0.39 is 0 Å². The summed E-state index contributed by atoms with van der Waals surface area (Å²) in [4.78, 5) is 2.44. The van der Waals surface area contributed by atoms with E-state index in [2.05, 4.69) is 181 Å². The zero-order valence-electron chi connectivity index (χ0n) is 28.7. The van der Waals surface area contributed by atoms with Gasteiger partial charge in [-0.25, -0.2) is 0 Å². The first-order chi connectivity index (χ1) is 26.3. The molecule has 0 aliphatic carbocycles. The lowest BCUT2D eigenvalue weighted by Crippen LogP contribution is -2.11. The zero-order valence-corrected chi connectivity index (χ0v) is 29.5. The van der Waals surface area contributed by atoms with E-state index in [1.54, 1.807) is 0 Å². The maximum Gasteiger partial charge on any atom is 0.135 e. The molecule has 0 fully saturated rings. The summed E-state index contributed by atoms with van der Waals surface area (Å²) in [7, 11) is 0. The molecule has 0 aliphatic heterocycles. The Kier molecular flexibility index (Phi) is 6.76. The predicted octanol–water partition coefficient (Wildman–Crippen LogP) is 15.1. The van der Waals surface area contributed by atoms with E-state index in [0.717, 1.165) is 39.0 Å². The first-order valence-corrected chi connectivity index (χ1v) is 18.8. The molecule has 0 aliphatic rings. The zero-order chi connectivity index (χ0) is 34.9. The molecule has 0 radical (unpaired) electrons. The van der Waals surface area contributed by atoms with Crippen LogP contribution in [0.1, 0.15) is 0 Å². The largest absolute Gasteiger partial charge is 0.456 e. The number of benzene rings is 9. The molecule has 2 heterocycles. The molecule has 3 heteroatoms. The van der Waals surface area contributed by atoms with Gasteiger partial charge in [-0.05, 0) is 81.4 Å². The van der Waals surface area contributed by atoms with E-state index >= 15 is 0 Å². The van der Waals surface area contributed by atoms with Gasteiger partial charge in [0.2, 0.25) is 0 Å². The van der Waals surface area contributed by atoms with Crippen molar-refractivity contribution in [3.63, 3.8) is 0 Å². The molecule has 0 atom stereocenters. The number of hydrogen-bond donors (Lipinski definition) is 0. The summed E-state index contributed by atoms with van der Waals surface area (Å²) in [5, 5.41) is 9.71. The summed E-state index contributed by atoms with van der Waals surface area (Å²) in [5.74, 6) is 0. The van der Waals surface area contributed by atoms with Crippen LogP contribution in [0.3, 0.4) is 0 Å². The number of thiophene rings is 1. The average molecular weight is 694 g/mol. The number of nitrogens with zero attached hydrogens (tertiary/aromatic N) is 1. The minimum atomic E-state index is 0.884. The van der Waals surface area contributed by atoms with Gasteiger partial charge in [0, 0.05) is 53.3 Å². The van der Waals surface area contributed by atoms with E-state index in [-0.39, 0.29) is 0 Å². The Balaban J connectivity index is 1.21. The van der Waals surface area contributed by atoms with Gasteiger partial charge in [0.1, 0.15) is 11.2 Å². The molecule has 0 saturated heterocycles. The number of fused-ring (bicyclic) bond motifs is 9. The third-order valence-electron chi connectivity index (χ3n) is 10.6. The van der Waals surface area contributed by atoms with Crippen molar-refractivity contribution in [1.82, 2.24) is 0 Å². The minimum absolute atomic E-state index is 0.884. The summed E-state index contributed by atoms with van der Waals surface area (Å²) < 4.78 is 8.93. The van der Waals surface area contributed by atoms with E-state index in [9.17, 15) is 0 Å². The summed E-state index contributed by atoms with van der Waals surface area (Å²) >= 11 is 1.88. The van der Waals surface area contributed by atoms with Gasteiger partial charge < -0.3 is 9.32 Å². The van der Waals surface area contributed by atoms with Gasteiger partial charge in [0.15, 0.2) is 0 Å². The van der Waals surface area contributed by atoms with Crippen molar-refractivity contribution < 1.29 is 4.42 Å². The molecular formula is C50H31NOS. The minimum Gasteiger partial charge on any atom is -0.456 e. The van der Waals surface area contributed by atoms with Crippen LogP contribution in [0.2, 0.25) is 0 Å². The molecule has 11 rings (SSSR count). The van der Waals surface area contributed by atoms with Gasteiger partial charge in [-0.1, -0.05) is 140 Å². The van der Waals surface area contributed by atoms with Crippen LogP contribution < -0.4 is 4.90 Å². The summed E-state index contributed by atoms with van der Waals surface area (Å²) in [6, 6.07) is 68.1. The number of furan rings is 1. The second kappa shape index (κ2) is 11.9. The first kappa shape index (κ1) is 30.0. The van der Waals surface area contributed by atoms with Crippen molar-refractivity contribution in [2.45, 2.75) is 0 Å². The maximum absolute atomic E-state index is 6.31. The molecule has 0 unspecified atom stereocenters. The van der Waals surface area contributed by atoms with E-state index in [0.29, 0.717) is 0 Å². The Morgan fingerprint density at radius 1 is 0.377 bits per heavy atom. The van der Waals surface area contributed by atoms with Crippen molar-refractivity contribution in [1.29, 1.82) is 0 Å². The first-order valence-electron chi connectivity index (χ1n) is 18.0. The lowest BCUT2D eigenvalue weighted by atomic mass is 9.92. The number of para-hydroxylation sites is 1. The lowest BCUT2D eigenvalue weighted by molar-refractivity contribution is 0.669. The van der Waals surface area contributed by atoms with Crippen LogP contribution in [0.4, 0.5) is 17.1 Å². The second-order valence-corrected chi connectivity index (χ2v) is 14.7. The summed E-state index contributed by atoms with van der Waals surface area (Å²) in [6.45, 7) is 0. The quantitative estimate of drug-likeness (QED) is 0.167. The van der Waals surface area contributed by atoms with Gasteiger partial charge in [-0.2, -0.15) is 0 Å². The predicted molar refractivity (Wildman–Crippen MR) is 227 cm³/mol. The highest BCUT2D eigenvalue weighted by Gasteiger charge is 2.22. The molecule has 9 aromatic carbocycles. The second-order valence-electron chi connectivity index (χ2n) is 13.7. The van der Waals surface area contributed by atoms with Crippen LogP contribution in [0, 0.1) is 0 Å². The Morgan fingerprint density at radius 3 is 1.92 bits per heavy atom. The fourth-order valence-corrected chi connectivity index (χ4v) is 9.45. The van der Waals surface area contributed by atoms with Crippen molar-refractivity contribution in [3.8, 4) is 22.3 Å². The smallest absolute Gasteiger partial charge is 0.135 e. The summed E-state index contributed by atoms with van der Waals surface area (Å²) in [6.07, 6.45) is 0. The average Bonchev–Trinajstić information content (AvgIpc) is 3.80. The van der Waals surface area contributed by atoms with Crippen molar-refractivity contribution >= 4 is 92.1 Å². The van der Waals surface area contributed by atoms with E-state index in [1.807, 2.05) is 23.5 Å². The SMILES string of the molecule is c1ccc(-c2cc(N(c3ccc4oc5ccccc5c4c3)c3cc4ccccc4c4ccccc34)ccc2-c2cccc3c2sc2ccccc23)cc1. The maximum atomic E-state index is 6.31. The van der Waals surface area contributed by atoms with Crippen LogP contribution in [-0.2, 0) is 0 Å². The van der Waals surface area contributed by atoms with Crippen molar-refractivity contribution in [3.05, 3.63) is 188 Å². The molecule has 0 saturated carbocycles. The molecule has 2 aromatic heterocycles. The number of anilines is 3. The highest BCUT2D eigenvalue weighted by atomic mass is 32.1. The fraction of sp³-hybridized carbons (Fsp3) is 0. The molecule has 2 nitrogen and oxygen atoms in total. The molecule has 53 heavy (non-hydrogen) atoms. The normalized spacial score (nSPS) is 11.8. The fourth-order valence-electron chi connectivity index (χ4n) is 8.22. The van der Waals surface area contributed by atoms with Crippen LogP contribution in [-0.4, -0.2) is 0 Å². The Morgan fingerprint density at radius 2 is 1.04 bits per heavy atom. The molecule has 0 amide bonds. The number of hydrogen-bond acceptors (Lipinski definition) is 3. The van der Waals surface area contributed by atoms with Gasteiger partial charge in [-0.3, -0.25) is 0 Å². The third kappa shape index (κ3) is 4.78. The lowest BCUT2D eigenvalue weighted by Gasteiger charge is -2.29. The molecule has 248 valence electrons. The Bertz CT molecular complexity index is 3190.